The molecule has 0 atom stereocenters. The number of benzene rings is 2. The molecule has 0 aliphatic rings. The second kappa shape index (κ2) is 9.64. The Bertz CT molecular complexity index is 1220. The van der Waals surface area contributed by atoms with E-state index >= 15 is 0 Å². The van der Waals surface area contributed by atoms with E-state index in [-0.39, 0.29) is 23.3 Å². The fourth-order valence-electron chi connectivity index (χ4n) is 2.71. The van der Waals surface area contributed by atoms with Gasteiger partial charge in [0.1, 0.15) is 12.4 Å². The van der Waals surface area contributed by atoms with E-state index in [4.69, 9.17) is 21.4 Å². The lowest BCUT2D eigenvalue weighted by molar-refractivity contribution is -0.358. The van der Waals surface area contributed by atoms with Crippen LogP contribution in [0.15, 0.2) is 48.5 Å². The highest BCUT2D eigenvalue weighted by Crippen LogP contribution is 2.47. The third-order valence-corrected chi connectivity index (χ3v) is 4.74. The summed E-state index contributed by atoms with van der Waals surface area (Å²) in [6.45, 7) is -2.39. The van der Waals surface area contributed by atoms with Crippen LogP contribution in [0.1, 0.15) is 5.56 Å². The van der Waals surface area contributed by atoms with E-state index in [0.717, 1.165) is 12.1 Å². The highest BCUT2D eigenvalue weighted by atomic mass is 35.5. The minimum Gasteiger partial charge on any atom is -0.485 e. The van der Waals surface area contributed by atoms with Gasteiger partial charge in [0.15, 0.2) is 12.4 Å². The zero-order valence-electron chi connectivity index (χ0n) is 17.1. The van der Waals surface area contributed by atoms with Gasteiger partial charge in [0.05, 0.1) is 10.5 Å². The maximum atomic E-state index is 13.6. The maximum Gasteiger partial charge on any atom is 0.512 e. The molecule has 0 fully saturated rings. The molecule has 3 rings (SSSR count). The first-order valence-electron chi connectivity index (χ1n) is 9.38. The molecule has 188 valence electrons. The smallest absolute Gasteiger partial charge is 0.485 e. The summed E-state index contributed by atoms with van der Waals surface area (Å²) in [5.74, 6) is -13.3. The van der Waals surface area contributed by atoms with E-state index in [9.17, 15) is 35.5 Å². The van der Waals surface area contributed by atoms with Gasteiger partial charge in [-0.05, 0) is 23.8 Å². The Morgan fingerprint density at radius 1 is 0.943 bits per heavy atom. The van der Waals surface area contributed by atoms with Gasteiger partial charge in [0.2, 0.25) is 0 Å². The van der Waals surface area contributed by atoms with Crippen LogP contribution >= 0.6 is 11.6 Å². The molecule has 0 bridgehead atoms. The van der Waals surface area contributed by atoms with Gasteiger partial charge in [-0.1, -0.05) is 41.9 Å². The van der Waals surface area contributed by atoms with Crippen molar-refractivity contribution in [3.05, 3.63) is 59.1 Å². The average Bonchev–Trinajstić information content (AvgIpc) is 2.76. The molecule has 0 aliphatic heterocycles. The normalized spacial score (nSPS) is 12.5. The summed E-state index contributed by atoms with van der Waals surface area (Å²) in [5.41, 5.74) is 0.639. The lowest BCUT2D eigenvalue weighted by Gasteiger charge is -2.28. The molecule has 0 saturated heterocycles. The molecule has 0 saturated carbocycles. The Hall–Kier alpha value is -3.48. The first-order valence-corrected chi connectivity index (χ1v) is 9.76. The predicted octanol–water partition coefficient (Wildman–Crippen LogP) is 6.74. The van der Waals surface area contributed by atoms with Crippen LogP contribution in [0.4, 0.5) is 35.5 Å². The van der Waals surface area contributed by atoms with Crippen molar-refractivity contribution in [3.8, 4) is 17.4 Å². The number of hydrogen-bond donors (Lipinski definition) is 1. The van der Waals surface area contributed by atoms with Gasteiger partial charge in [0, 0.05) is 5.39 Å². The van der Waals surface area contributed by atoms with Crippen LogP contribution in [-0.4, -0.2) is 40.9 Å². The zero-order chi connectivity index (χ0) is 26.0. The van der Waals surface area contributed by atoms with Crippen molar-refractivity contribution in [1.29, 1.82) is 0 Å². The van der Waals surface area contributed by atoms with Gasteiger partial charge in [-0.2, -0.15) is 30.7 Å². The molecular formula is C21H13ClF7NO5. The standard InChI is InChI=1S/C21H13ClF7NO5/c22-13-8-14-12(6-15(13)34-10-19(23,24)20(25,26)21(27,28)29)7-16(17(30-14)35-18(31)32)33-9-11-4-2-1-3-5-11/h1-8H,9-10H2,(H,31,32). The molecule has 14 heteroatoms. The Labute approximate surface area is 196 Å². The molecule has 3 aromatic rings. The predicted molar refractivity (Wildman–Crippen MR) is 108 cm³/mol. The Morgan fingerprint density at radius 2 is 1.57 bits per heavy atom. The largest absolute Gasteiger partial charge is 0.512 e. The molecule has 2 aromatic carbocycles. The molecule has 35 heavy (non-hydrogen) atoms. The Morgan fingerprint density at radius 3 is 2.17 bits per heavy atom. The van der Waals surface area contributed by atoms with Crippen LogP contribution in [0.5, 0.6) is 17.4 Å². The summed E-state index contributed by atoms with van der Waals surface area (Å²) >= 11 is 5.87. The zero-order valence-corrected chi connectivity index (χ0v) is 17.8. The lowest BCUT2D eigenvalue weighted by Crippen LogP contribution is -2.54. The second-order valence-electron chi connectivity index (χ2n) is 6.97. The van der Waals surface area contributed by atoms with Gasteiger partial charge < -0.3 is 19.3 Å². The Kier molecular flexibility index (Phi) is 7.20. The van der Waals surface area contributed by atoms with Crippen molar-refractivity contribution in [3.63, 3.8) is 0 Å². The molecule has 0 aliphatic carbocycles. The summed E-state index contributed by atoms with van der Waals surface area (Å²) in [6, 6.07) is 11.7. The van der Waals surface area contributed by atoms with Crippen molar-refractivity contribution in [2.24, 2.45) is 0 Å². The number of halogens is 8. The number of alkyl halides is 7. The third-order valence-electron chi connectivity index (χ3n) is 4.45. The van der Waals surface area contributed by atoms with Gasteiger partial charge in [0.25, 0.3) is 5.88 Å². The number of hydrogen-bond acceptors (Lipinski definition) is 5. The molecule has 6 nitrogen and oxygen atoms in total. The molecule has 1 aromatic heterocycles. The van der Waals surface area contributed by atoms with Crippen molar-refractivity contribution in [1.82, 2.24) is 4.98 Å². The molecule has 0 unspecified atom stereocenters. The van der Waals surface area contributed by atoms with Crippen molar-refractivity contribution >= 4 is 28.7 Å². The number of rotatable bonds is 8. The number of aromatic nitrogens is 1. The summed E-state index contributed by atoms with van der Waals surface area (Å²) in [7, 11) is 0. The van der Waals surface area contributed by atoms with Crippen LogP contribution in [0.25, 0.3) is 10.9 Å². The van der Waals surface area contributed by atoms with Gasteiger partial charge in [-0.3, -0.25) is 0 Å². The first kappa shape index (κ1) is 26.1. The van der Waals surface area contributed by atoms with Gasteiger partial charge >= 0.3 is 24.2 Å². The van der Waals surface area contributed by atoms with Crippen LogP contribution in [-0.2, 0) is 6.61 Å². The topological polar surface area (TPSA) is 77.9 Å². The van der Waals surface area contributed by atoms with Crippen LogP contribution in [0.2, 0.25) is 5.02 Å². The first-order chi connectivity index (χ1) is 16.2. The summed E-state index contributed by atoms with van der Waals surface area (Å²) in [6.07, 6.45) is -8.23. The van der Waals surface area contributed by atoms with E-state index < -0.39 is 47.4 Å². The van der Waals surface area contributed by atoms with E-state index in [2.05, 4.69) is 14.5 Å². The SMILES string of the molecule is O=C(O)Oc1nc2cc(Cl)c(OCC(F)(F)C(F)(F)C(F)(F)F)cc2cc1OCc1ccccc1. The van der Waals surface area contributed by atoms with Crippen LogP contribution in [0.3, 0.4) is 0 Å². The van der Waals surface area contributed by atoms with Gasteiger partial charge in [-0.15, -0.1) is 0 Å². The minimum atomic E-state index is -6.51. The highest BCUT2D eigenvalue weighted by Gasteiger charge is 2.73. The number of carbonyl (C=O) groups is 1. The fraction of sp³-hybridized carbons (Fsp3) is 0.238. The second-order valence-corrected chi connectivity index (χ2v) is 7.38. The molecule has 0 amide bonds. The highest BCUT2D eigenvalue weighted by molar-refractivity contribution is 6.32. The number of carboxylic acid groups (broad SMARTS) is 1. The van der Waals surface area contributed by atoms with Crippen molar-refractivity contribution in [2.75, 3.05) is 6.61 Å². The van der Waals surface area contributed by atoms with Crippen LogP contribution in [0, 0.1) is 0 Å². The van der Waals surface area contributed by atoms with Crippen molar-refractivity contribution < 1.29 is 54.8 Å². The summed E-state index contributed by atoms with van der Waals surface area (Å²) in [4.78, 5) is 14.9. The Balaban J connectivity index is 1.92. The van der Waals surface area contributed by atoms with Gasteiger partial charge in [-0.25, -0.2) is 9.78 Å². The molecule has 0 radical (unpaired) electrons. The fourth-order valence-corrected chi connectivity index (χ4v) is 2.92. The number of fused-ring (bicyclic) bond motifs is 1. The van der Waals surface area contributed by atoms with Crippen molar-refractivity contribution in [2.45, 2.75) is 24.6 Å². The van der Waals surface area contributed by atoms with Crippen LogP contribution < -0.4 is 14.2 Å². The quantitative estimate of drug-likeness (QED) is 0.258. The third kappa shape index (κ3) is 5.78. The minimum absolute atomic E-state index is 0.0381. The lowest BCUT2D eigenvalue weighted by atomic mass is 10.1. The van der Waals surface area contributed by atoms with E-state index in [1.165, 1.54) is 6.07 Å². The summed E-state index contributed by atoms with van der Waals surface area (Å²) < 4.78 is 105. The number of nitrogens with zero attached hydrogens (tertiary/aromatic N) is 1. The van der Waals surface area contributed by atoms with E-state index in [0.29, 0.717) is 5.56 Å². The monoisotopic (exact) mass is 527 g/mol. The maximum absolute atomic E-state index is 13.6. The average molecular weight is 528 g/mol. The number of pyridine rings is 1. The molecule has 1 heterocycles. The van der Waals surface area contributed by atoms with E-state index in [1.807, 2.05) is 0 Å². The molecular weight excluding hydrogens is 515 g/mol. The summed E-state index contributed by atoms with van der Waals surface area (Å²) in [5, 5.41) is 8.50. The molecule has 1 N–H and O–H groups in total. The van der Waals surface area contributed by atoms with E-state index in [1.54, 1.807) is 30.3 Å². The number of ether oxygens (including phenoxy) is 3. The molecule has 0 spiro atoms.